The molecule has 2 atom stereocenters. The normalized spacial score (nSPS) is 24.4. The molecular formula is C14H18O2. The molecule has 0 amide bonds. The van der Waals surface area contributed by atoms with E-state index in [0.29, 0.717) is 5.92 Å². The van der Waals surface area contributed by atoms with Gasteiger partial charge in [0.1, 0.15) is 5.75 Å². The maximum absolute atomic E-state index is 12.2. The average molecular weight is 218 g/mol. The molecule has 1 fully saturated rings. The molecule has 0 radical (unpaired) electrons. The molecule has 2 heteroatoms. The Kier molecular flexibility index (Phi) is 3.28. The number of hydrogen-bond donors (Lipinski definition) is 0. The third-order valence-corrected chi connectivity index (χ3v) is 3.42. The van der Waals surface area contributed by atoms with E-state index in [-0.39, 0.29) is 11.7 Å². The second-order valence-corrected chi connectivity index (χ2v) is 4.71. The van der Waals surface area contributed by atoms with Gasteiger partial charge >= 0.3 is 0 Å². The van der Waals surface area contributed by atoms with Crippen molar-refractivity contribution in [3.8, 4) is 5.75 Å². The van der Waals surface area contributed by atoms with E-state index in [9.17, 15) is 4.79 Å². The number of carbonyl (C=O) groups is 1. The molecule has 2 nitrogen and oxygen atoms in total. The van der Waals surface area contributed by atoms with Gasteiger partial charge in [0.2, 0.25) is 0 Å². The van der Waals surface area contributed by atoms with Crippen LogP contribution in [-0.2, 0) is 0 Å². The summed E-state index contributed by atoms with van der Waals surface area (Å²) < 4.78 is 5.14. The van der Waals surface area contributed by atoms with E-state index in [1.165, 1.54) is 6.42 Å². The van der Waals surface area contributed by atoms with Crippen molar-refractivity contribution >= 4 is 5.78 Å². The molecule has 0 saturated heterocycles. The maximum atomic E-state index is 12.2. The van der Waals surface area contributed by atoms with Crippen molar-refractivity contribution in [3.05, 3.63) is 29.8 Å². The molecule has 1 aliphatic carbocycles. The third-order valence-electron chi connectivity index (χ3n) is 3.42. The van der Waals surface area contributed by atoms with Gasteiger partial charge in [-0.05, 0) is 37.3 Å². The van der Waals surface area contributed by atoms with Gasteiger partial charge in [-0.15, -0.1) is 0 Å². The second kappa shape index (κ2) is 4.69. The number of benzene rings is 1. The molecule has 0 heterocycles. The minimum Gasteiger partial charge on any atom is -0.497 e. The highest BCUT2D eigenvalue weighted by atomic mass is 16.5. The van der Waals surface area contributed by atoms with Crippen LogP contribution in [0.2, 0.25) is 0 Å². The van der Waals surface area contributed by atoms with Crippen LogP contribution >= 0.6 is 0 Å². The van der Waals surface area contributed by atoms with Crippen molar-refractivity contribution < 1.29 is 9.53 Å². The van der Waals surface area contributed by atoms with Gasteiger partial charge in [0, 0.05) is 11.5 Å². The van der Waals surface area contributed by atoms with Crippen LogP contribution in [0.3, 0.4) is 0 Å². The molecule has 0 aliphatic heterocycles. The van der Waals surface area contributed by atoms with Gasteiger partial charge in [0.05, 0.1) is 7.11 Å². The number of Topliss-reactive ketones (excluding diaryl/α,β-unsaturated/α-hetero) is 1. The van der Waals surface area contributed by atoms with Crippen LogP contribution in [0.15, 0.2) is 24.3 Å². The Labute approximate surface area is 96.6 Å². The van der Waals surface area contributed by atoms with E-state index < -0.39 is 0 Å². The Morgan fingerprint density at radius 1 is 1.38 bits per heavy atom. The lowest BCUT2D eigenvalue weighted by molar-refractivity contribution is 0.0920. The summed E-state index contributed by atoms with van der Waals surface area (Å²) in [7, 11) is 1.63. The number of methoxy groups -OCH3 is 1. The van der Waals surface area contributed by atoms with E-state index in [2.05, 4.69) is 6.92 Å². The van der Waals surface area contributed by atoms with Gasteiger partial charge in [0.25, 0.3) is 0 Å². The van der Waals surface area contributed by atoms with Crippen molar-refractivity contribution in [2.24, 2.45) is 11.8 Å². The largest absolute Gasteiger partial charge is 0.497 e. The Morgan fingerprint density at radius 3 is 2.81 bits per heavy atom. The van der Waals surface area contributed by atoms with Crippen LogP contribution < -0.4 is 4.74 Å². The minimum absolute atomic E-state index is 0.224. The molecule has 1 saturated carbocycles. The summed E-state index contributed by atoms with van der Waals surface area (Å²) in [4.78, 5) is 12.2. The second-order valence-electron chi connectivity index (χ2n) is 4.71. The van der Waals surface area contributed by atoms with Crippen molar-refractivity contribution in [2.75, 3.05) is 7.11 Å². The molecule has 0 aromatic heterocycles. The van der Waals surface area contributed by atoms with Crippen LogP contribution in [0, 0.1) is 11.8 Å². The highest BCUT2D eigenvalue weighted by molar-refractivity contribution is 5.98. The Morgan fingerprint density at radius 2 is 2.19 bits per heavy atom. The Balaban J connectivity index is 2.14. The Bertz CT molecular complexity index is 384. The average Bonchev–Trinajstić information content (AvgIpc) is 2.75. The highest BCUT2D eigenvalue weighted by Gasteiger charge is 2.28. The lowest BCUT2D eigenvalue weighted by Crippen LogP contribution is -2.11. The summed E-state index contributed by atoms with van der Waals surface area (Å²) in [6.07, 6.45) is 3.26. The first-order valence-corrected chi connectivity index (χ1v) is 5.89. The van der Waals surface area contributed by atoms with E-state index in [0.717, 1.165) is 24.2 Å². The monoisotopic (exact) mass is 218 g/mol. The van der Waals surface area contributed by atoms with Crippen LogP contribution in [0.5, 0.6) is 5.75 Å². The van der Waals surface area contributed by atoms with Crippen LogP contribution in [-0.4, -0.2) is 12.9 Å². The van der Waals surface area contributed by atoms with Crippen molar-refractivity contribution in [1.29, 1.82) is 0 Å². The summed E-state index contributed by atoms with van der Waals surface area (Å²) in [5.74, 6) is 1.96. The quantitative estimate of drug-likeness (QED) is 0.727. The van der Waals surface area contributed by atoms with E-state index in [4.69, 9.17) is 4.74 Å². The molecule has 0 N–H and O–H groups in total. The third kappa shape index (κ3) is 2.26. The van der Waals surface area contributed by atoms with Gasteiger partial charge in [-0.1, -0.05) is 19.1 Å². The van der Waals surface area contributed by atoms with Crippen molar-refractivity contribution in [2.45, 2.75) is 26.2 Å². The molecule has 1 aromatic carbocycles. The molecule has 1 aliphatic rings. The van der Waals surface area contributed by atoms with E-state index in [1.54, 1.807) is 7.11 Å². The van der Waals surface area contributed by atoms with Crippen LogP contribution in [0.25, 0.3) is 0 Å². The molecule has 16 heavy (non-hydrogen) atoms. The maximum Gasteiger partial charge on any atom is 0.166 e. The number of ketones is 1. The van der Waals surface area contributed by atoms with Crippen molar-refractivity contribution in [1.82, 2.24) is 0 Å². The van der Waals surface area contributed by atoms with Crippen LogP contribution in [0.1, 0.15) is 36.5 Å². The molecule has 86 valence electrons. The topological polar surface area (TPSA) is 26.3 Å². The molecule has 1 aromatic rings. The number of hydrogen-bond acceptors (Lipinski definition) is 2. The molecule has 2 rings (SSSR count). The number of rotatable bonds is 3. The van der Waals surface area contributed by atoms with Gasteiger partial charge in [-0.2, -0.15) is 0 Å². The molecule has 0 bridgehead atoms. The summed E-state index contributed by atoms with van der Waals surface area (Å²) in [5.41, 5.74) is 0.790. The summed E-state index contributed by atoms with van der Waals surface area (Å²) in [6.45, 7) is 2.22. The molecular weight excluding hydrogens is 200 g/mol. The van der Waals surface area contributed by atoms with Gasteiger partial charge in [0.15, 0.2) is 5.78 Å². The highest BCUT2D eigenvalue weighted by Crippen LogP contribution is 2.33. The van der Waals surface area contributed by atoms with Gasteiger partial charge in [-0.25, -0.2) is 0 Å². The van der Waals surface area contributed by atoms with E-state index >= 15 is 0 Å². The lowest BCUT2D eigenvalue weighted by Gasteiger charge is -2.09. The SMILES string of the molecule is COc1cccc(C(=O)C2CC[C@H](C)C2)c1. The smallest absolute Gasteiger partial charge is 0.166 e. The first-order chi connectivity index (χ1) is 7.70. The summed E-state index contributed by atoms with van der Waals surface area (Å²) in [6, 6.07) is 7.47. The molecule has 1 unspecified atom stereocenters. The van der Waals surface area contributed by atoms with Crippen molar-refractivity contribution in [3.63, 3.8) is 0 Å². The fourth-order valence-electron chi connectivity index (χ4n) is 2.46. The minimum atomic E-state index is 0.224. The summed E-state index contributed by atoms with van der Waals surface area (Å²) in [5, 5.41) is 0. The number of ether oxygens (including phenoxy) is 1. The predicted molar refractivity (Wildman–Crippen MR) is 63.8 cm³/mol. The predicted octanol–water partition coefficient (Wildman–Crippen LogP) is 3.31. The van der Waals surface area contributed by atoms with E-state index in [1.807, 2.05) is 24.3 Å². The van der Waals surface area contributed by atoms with Crippen LogP contribution in [0.4, 0.5) is 0 Å². The lowest BCUT2D eigenvalue weighted by atomic mass is 9.95. The first-order valence-electron chi connectivity index (χ1n) is 5.89. The molecule has 0 spiro atoms. The standard InChI is InChI=1S/C14H18O2/c1-10-6-7-12(8-10)14(15)11-4-3-5-13(9-11)16-2/h3-5,9-10,12H,6-8H2,1-2H3/t10-,12?/m0/s1. The Hall–Kier alpha value is -1.31. The van der Waals surface area contributed by atoms with Gasteiger partial charge < -0.3 is 4.74 Å². The fourth-order valence-corrected chi connectivity index (χ4v) is 2.46. The summed E-state index contributed by atoms with van der Waals surface area (Å²) >= 11 is 0. The zero-order chi connectivity index (χ0) is 11.5. The van der Waals surface area contributed by atoms with Gasteiger partial charge in [-0.3, -0.25) is 4.79 Å². The zero-order valence-corrected chi connectivity index (χ0v) is 9.90. The zero-order valence-electron chi connectivity index (χ0n) is 9.90. The first kappa shape index (κ1) is 11.2. The number of carbonyl (C=O) groups excluding carboxylic acids is 1. The fraction of sp³-hybridized carbons (Fsp3) is 0.500.